The van der Waals surface area contributed by atoms with Crippen LogP contribution in [-0.4, -0.2) is 51.3 Å². The van der Waals surface area contributed by atoms with E-state index in [1.807, 2.05) is 4.90 Å². The highest BCUT2D eigenvalue weighted by Gasteiger charge is 2.37. The third-order valence-electron chi connectivity index (χ3n) is 7.13. The zero-order valence-corrected chi connectivity index (χ0v) is 23.5. The van der Waals surface area contributed by atoms with Gasteiger partial charge in [-0.2, -0.15) is 13.2 Å². The first-order chi connectivity index (χ1) is 19.8. The number of sulfonamides is 1. The zero-order chi connectivity index (χ0) is 30.2. The first kappa shape index (κ1) is 29.8. The van der Waals surface area contributed by atoms with Gasteiger partial charge in [-0.25, -0.2) is 12.8 Å². The number of fused-ring (bicyclic) bond motifs is 1. The van der Waals surface area contributed by atoms with Crippen molar-refractivity contribution in [3.63, 3.8) is 0 Å². The highest BCUT2D eigenvalue weighted by atomic mass is 35.5. The van der Waals surface area contributed by atoms with Crippen LogP contribution < -0.4 is 19.3 Å². The number of anilines is 3. The Morgan fingerprint density at radius 1 is 1.10 bits per heavy atom. The molecule has 5 rings (SSSR count). The first-order valence-electron chi connectivity index (χ1n) is 13.0. The molecule has 0 bridgehead atoms. The number of hydrogen-bond acceptors (Lipinski definition) is 6. The lowest BCUT2D eigenvalue weighted by molar-refractivity contribution is -0.138. The standard InChI is InChI=1S/C28H26ClF4N3O5S/c29-22-5-2-6-23(30)27(22)35-12-11-19(15-35)34-18-7-9-25-24(14-18)36(16-20(41-25)8-10-26(37)38)42(39,40)21-4-1-3-17(13-21)28(31,32)33/h1-7,9,13-14,19-20,34H,8,10-12,15-16H2,(H,37,38)/t19?,20-/m0/s1. The van der Waals surface area contributed by atoms with Crippen molar-refractivity contribution in [1.82, 2.24) is 0 Å². The molecule has 3 aromatic rings. The molecular formula is C28H26ClF4N3O5S. The van der Waals surface area contributed by atoms with Crippen molar-refractivity contribution in [2.45, 2.75) is 42.5 Å². The average molecular weight is 628 g/mol. The fourth-order valence-electron chi connectivity index (χ4n) is 5.13. The summed E-state index contributed by atoms with van der Waals surface area (Å²) in [5.74, 6) is -1.40. The summed E-state index contributed by atoms with van der Waals surface area (Å²) in [6.07, 6.45) is -5.28. The number of alkyl halides is 3. The summed E-state index contributed by atoms with van der Waals surface area (Å²) in [7, 11) is -4.51. The maximum atomic E-state index is 14.4. The summed E-state index contributed by atoms with van der Waals surface area (Å²) in [6.45, 7) is 0.636. The van der Waals surface area contributed by atoms with E-state index in [0.717, 1.165) is 22.5 Å². The third kappa shape index (κ3) is 6.21. The van der Waals surface area contributed by atoms with Gasteiger partial charge in [-0.05, 0) is 61.4 Å². The van der Waals surface area contributed by atoms with E-state index in [1.54, 1.807) is 12.1 Å². The lowest BCUT2D eigenvalue weighted by Crippen LogP contribution is -2.43. The number of para-hydroxylation sites is 1. The Bertz CT molecular complexity index is 1580. The van der Waals surface area contributed by atoms with Gasteiger partial charge < -0.3 is 20.1 Å². The number of halogens is 5. The normalized spacial score (nSPS) is 18.9. The van der Waals surface area contributed by atoms with Gasteiger partial charge >= 0.3 is 12.1 Å². The molecule has 2 N–H and O–H groups in total. The van der Waals surface area contributed by atoms with Crippen molar-refractivity contribution in [1.29, 1.82) is 0 Å². The first-order valence-corrected chi connectivity index (χ1v) is 14.8. The van der Waals surface area contributed by atoms with Crippen LogP contribution in [0.25, 0.3) is 0 Å². The molecule has 1 unspecified atom stereocenters. The molecule has 2 heterocycles. The number of nitrogens with zero attached hydrogens (tertiary/aromatic N) is 2. The number of nitrogens with one attached hydrogen (secondary N) is 1. The van der Waals surface area contributed by atoms with Crippen LogP contribution in [0.15, 0.2) is 65.6 Å². The lowest BCUT2D eigenvalue weighted by Gasteiger charge is -2.36. The average Bonchev–Trinajstić information content (AvgIpc) is 3.38. The topological polar surface area (TPSA) is 99.2 Å². The van der Waals surface area contributed by atoms with Crippen molar-refractivity contribution >= 4 is 44.7 Å². The predicted molar refractivity (Wildman–Crippen MR) is 149 cm³/mol. The number of carbonyl (C=O) groups is 1. The van der Waals surface area contributed by atoms with Crippen LogP contribution in [0.2, 0.25) is 5.02 Å². The van der Waals surface area contributed by atoms with Gasteiger partial charge in [0.2, 0.25) is 0 Å². The Hall–Kier alpha value is -3.71. The minimum absolute atomic E-state index is 0.0140. The second-order valence-electron chi connectivity index (χ2n) is 10.1. The fraction of sp³-hybridized carbons (Fsp3) is 0.321. The van der Waals surface area contributed by atoms with E-state index < -0.39 is 44.5 Å². The smallest absolute Gasteiger partial charge is 0.416 e. The molecule has 0 amide bonds. The molecule has 0 aliphatic carbocycles. The molecule has 8 nitrogen and oxygen atoms in total. The summed E-state index contributed by atoms with van der Waals surface area (Å²) in [5, 5.41) is 12.7. The van der Waals surface area contributed by atoms with Crippen LogP contribution in [0.4, 0.5) is 34.6 Å². The van der Waals surface area contributed by atoms with Crippen LogP contribution in [0.3, 0.4) is 0 Å². The number of hydrogen-bond donors (Lipinski definition) is 2. The Kier molecular flexibility index (Phi) is 8.17. The molecule has 3 aromatic carbocycles. The molecule has 14 heteroatoms. The summed E-state index contributed by atoms with van der Waals surface area (Å²) >= 11 is 6.22. The largest absolute Gasteiger partial charge is 0.486 e. The van der Waals surface area contributed by atoms with Gasteiger partial charge in [0.1, 0.15) is 17.7 Å². The zero-order valence-electron chi connectivity index (χ0n) is 21.9. The van der Waals surface area contributed by atoms with E-state index in [2.05, 4.69) is 5.32 Å². The summed E-state index contributed by atoms with van der Waals surface area (Å²) < 4.78 is 88.9. The van der Waals surface area contributed by atoms with Crippen molar-refractivity contribution in [2.75, 3.05) is 34.2 Å². The lowest BCUT2D eigenvalue weighted by atomic mass is 10.1. The molecule has 0 saturated carbocycles. The molecule has 1 fully saturated rings. The van der Waals surface area contributed by atoms with Gasteiger partial charge in [0.05, 0.1) is 33.4 Å². The molecule has 2 aliphatic heterocycles. The molecule has 2 aliphatic rings. The number of rotatable bonds is 8. The number of carboxylic acid groups (broad SMARTS) is 1. The Morgan fingerprint density at radius 3 is 2.57 bits per heavy atom. The minimum atomic E-state index is -4.75. The van der Waals surface area contributed by atoms with Crippen molar-refractivity contribution < 1.29 is 40.6 Å². The van der Waals surface area contributed by atoms with E-state index in [9.17, 15) is 30.8 Å². The SMILES string of the molecule is O=C(O)CC[C@H]1CN(S(=O)(=O)c2cccc(C(F)(F)F)c2)c2cc(NC3CCN(c4c(F)cccc4Cl)C3)ccc2O1. The highest BCUT2D eigenvalue weighted by Crippen LogP contribution is 2.41. The minimum Gasteiger partial charge on any atom is -0.486 e. The van der Waals surface area contributed by atoms with Crippen molar-refractivity contribution in [3.05, 3.63) is 77.1 Å². The second-order valence-corrected chi connectivity index (χ2v) is 12.3. The van der Waals surface area contributed by atoms with Crippen LogP contribution >= 0.6 is 11.6 Å². The quantitative estimate of drug-likeness (QED) is 0.295. The van der Waals surface area contributed by atoms with E-state index in [-0.39, 0.29) is 41.9 Å². The number of carboxylic acids is 1. The molecule has 1 saturated heterocycles. The number of ether oxygens (including phenoxy) is 1. The van der Waals surface area contributed by atoms with Crippen molar-refractivity contribution in [2.24, 2.45) is 0 Å². The fourth-order valence-corrected chi connectivity index (χ4v) is 6.96. The predicted octanol–water partition coefficient (Wildman–Crippen LogP) is 6.01. The summed E-state index contributed by atoms with van der Waals surface area (Å²) in [4.78, 5) is 12.4. The maximum Gasteiger partial charge on any atom is 0.416 e. The van der Waals surface area contributed by atoms with Gasteiger partial charge in [0, 0.05) is 31.2 Å². The van der Waals surface area contributed by atoms with Crippen LogP contribution in [0.1, 0.15) is 24.8 Å². The Morgan fingerprint density at radius 2 is 1.86 bits per heavy atom. The molecule has 224 valence electrons. The molecule has 0 radical (unpaired) electrons. The van der Waals surface area contributed by atoms with Gasteiger partial charge in [0.25, 0.3) is 10.0 Å². The van der Waals surface area contributed by atoms with Gasteiger partial charge in [-0.3, -0.25) is 9.10 Å². The highest BCUT2D eigenvalue weighted by molar-refractivity contribution is 7.92. The van der Waals surface area contributed by atoms with Gasteiger partial charge in [-0.15, -0.1) is 0 Å². The summed E-state index contributed by atoms with van der Waals surface area (Å²) in [6, 6.07) is 12.5. The second kappa shape index (κ2) is 11.5. The Balaban J connectivity index is 1.44. The molecule has 42 heavy (non-hydrogen) atoms. The van der Waals surface area contributed by atoms with E-state index >= 15 is 0 Å². The van der Waals surface area contributed by atoms with Crippen molar-refractivity contribution in [3.8, 4) is 5.75 Å². The van der Waals surface area contributed by atoms with Crippen LogP contribution in [0, 0.1) is 5.82 Å². The van der Waals surface area contributed by atoms with E-state index in [1.165, 1.54) is 24.3 Å². The summed E-state index contributed by atoms with van der Waals surface area (Å²) in [5.41, 5.74) is -0.211. The van der Waals surface area contributed by atoms with Crippen LogP contribution in [0.5, 0.6) is 5.75 Å². The molecule has 0 aromatic heterocycles. The number of aliphatic carboxylic acids is 1. The van der Waals surface area contributed by atoms with E-state index in [4.69, 9.17) is 21.4 Å². The maximum absolute atomic E-state index is 14.4. The molecule has 0 spiro atoms. The Labute approximate surface area is 244 Å². The monoisotopic (exact) mass is 627 g/mol. The molecular weight excluding hydrogens is 602 g/mol. The third-order valence-corrected chi connectivity index (χ3v) is 9.21. The molecule has 2 atom stereocenters. The van der Waals surface area contributed by atoms with E-state index in [0.29, 0.717) is 37.0 Å². The number of benzene rings is 3. The van der Waals surface area contributed by atoms with Gasteiger partial charge in [-0.1, -0.05) is 23.7 Å². The van der Waals surface area contributed by atoms with Crippen LogP contribution in [-0.2, 0) is 21.0 Å². The van der Waals surface area contributed by atoms with Gasteiger partial charge in [0.15, 0.2) is 0 Å².